The van der Waals surface area contributed by atoms with Gasteiger partial charge in [-0.1, -0.05) is 18.2 Å². The van der Waals surface area contributed by atoms with Gasteiger partial charge >= 0.3 is 0 Å². The van der Waals surface area contributed by atoms with Crippen LogP contribution in [0.3, 0.4) is 0 Å². The monoisotopic (exact) mass is 451 g/mol. The summed E-state index contributed by atoms with van der Waals surface area (Å²) < 4.78 is 52.5. The van der Waals surface area contributed by atoms with Crippen molar-refractivity contribution in [2.75, 3.05) is 18.4 Å². The van der Waals surface area contributed by atoms with E-state index in [0.29, 0.717) is 23.7 Å². The Bertz CT molecular complexity index is 1040. The Morgan fingerprint density at radius 3 is 2.42 bits per heavy atom. The molecule has 0 aromatic heterocycles. The van der Waals surface area contributed by atoms with Crippen LogP contribution < -0.4 is 15.4 Å². The third-order valence-corrected chi connectivity index (χ3v) is 5.40. The van der Waals surface area contributed by atoms with E-state index >= 15 is 0 Å². The standard InChI is InChI=1S/C21H23F2N3O4S/c1-2-11-25-31(29,30)14-15-5-8-17(9-6-15)26-20(27)4-3-12-24-21(28)18-10-7-16(22)13-19(18)23/h2,5-10,13,25H,1,3-4,11-12,14H2,(H,24,28)(H,26,27). The Morgan fingerprint density at radius 1 is 1.06 bits per heavy atom. The van der Waals surface area contributed by atoms with E-state index in [2.05, 4.69) is 21.9 Å². The van der Waals surface area contributed by atoms with Gasteiger partial charge in [0, 0.05) is 31.3 Å². The third kappa shape index (κ3) is 8.27. The van der Waals surface area contributed by atoms with Crippen molar-refractivity contribution in [2.45, 2.75) is 18.6 Å². The largest absolute Gasteiger partial charge is 0.352 e. The van der Waals surface area contributed by atoms with Gasteiger partial charge in [0.1, 0.15) is 11.6 Å². The van der Waals surface area contributed by atoms with Crippen molar-refractivity contribution in [3.05, 3.63) is 77.9 Å². The van der Waals surface area contributed by atoms with Gasteiger partial charge in [-0.25, -0.2) is 21.9 Å². The molecule has 0 unspecified atom stereocenters. The molecule has 0 radical (unpaired) electrons. The Labute approximate surface area is 179 Å². The van der Waals surface area contributed by atoms with Gasteiger partial charge in [-0.3, -0.25) is 9.59 Å². The molecule has 31 heavy (non-hydrogen) atoms. The van der Waals surface area contributed by atoms with Crippen LogP contribution in [0.1, 0.15) is 28.8 Å². The number of anilines is 1. The number of hydrogen-bond acceptors (Lipinski definition) is 4. The van der Waals surface area contributed by atoms with Gasteiger partial charge in [-0.2, -0.15) is 0 Å². The first-order chi connectivity index (χ1) is 14.7. The van der Waals surface area contributed by atoms with Gasteiger partial charge < -0.3 is 10.6 Å². The summed E-state index contributed by atoms with van der Waals surface area (Å²) in [4.78, 5) is 23.9. The number of amides is 2. The zero-order valence-electron chi connectivity index (χ0n) is 16.7. The molecule has 7 nitrogen and oxygen atoms in total. The second-order valence-electron chi connectivity index (χ2n) is 6.62. The maximum Gasteiger partial charge on any atom is 0.254 e. The Morgan fingerprint density at radius 2 is 1.77 bits per heavy atom. The quantitative estimate of drug-likeness (QED) is 0.361. The van der Waals surface area contributed by atoms with Crippen molar-refractivity contribution in [3.8, 4) is 0 Å². The fourth-order valence-corrected chi connectivity index (χ4v) is 3.69. The maximum atomic E-state index is 13.5. The molecule has 2 amide bonds. The fraction of sp³-hybridized carbons (Fsp3) is 0.238. The number of nitrogens with one attached hydrogen (secondary N) is 3. The molecule has 10 heteroatoms. The number of sulfonamides is 1. The summed E-state index contributed by atoms with van der Waals surface area (Å²) in [6.07, 6.45) is 1.86. The molecule has 0 aliphatic carbocycles. The lowest BCUT2D eigenvalue weighted by atomic mass is 10.2. The highest BCUT2D eigenvalue weighted by molar-refractivity contribution is 7.88. The maximum absolute atomic E-state index is 13.5. The van der Waals surface area contributed by atoms with Crippen molar-refractivity contribution >= 4 is 27.5 Å². The molecule has 2 rings (SSSR count). The van der Waals surface area contributed by atoms with E-state index < -0.39 is 27.6 Å². The number of halogens is 2. The minimum absolute atomic E-state index is 0.105. The van der Waals surface area contributed by atoms with E-state index in [1.807, 2.05) is 0 Å². The SMILES string of the molecule is C=CCNS(=O)(=O)Cc1ccc(NC(=O)CCCNC(=O)c2ccc(F)cc2F)cc1. The van der Waals surface area contributed by atoms with Crippen LogP contribution in [0.4, 0.5) is 14.5 Å². The van der Waals surface area contributed by atoms with Crippen LogP contribution >= 0.6 is 0 Å². The van der Waals surface area contributed by atoms with Crippen LogP contribution in [0.5, 0.6) is 0 Å². The summed E-state index contributed by atoms with van der Waals surface area (Å²) >= 11 is 0. The van der Waals surface area contributed by atoms with Crippen molar-refractivity contribution in [2.24, 2.45) is 0 Å². The molecule has 0 spiro atoms. The lowest BCUT2D eigenvalue weighted by molar-refractivity contribution is -0.116. The predicted octanol–water partition coefficient (Wildman–Crippen LogP) is 2.72. The average Bonchev–Trinajstić information content (AvgIpc) is 2.71. The van der Waals surface area contributed by atoms with E-state index in [9.17, 15) is 26.8 Å². The van der Waals surface area contributed by atoms with Gasteiger partial charge in [-0.15, -0.1) is 6.58 Å². The molecule has 0 aliphatic rings. The highest BCUT2D eigenvalue weighted by Gasteiger charge is 2.13. The van der Waals surface area contributed by atoms with Crippen LogP contribution in [0.15, 0.2) is 55.1 Å². The average molecular weight is 451 g/mol. The van der Waals surface area contributed by atoms with E-state index in [1.165, 1.54) is 6.08 Å². The first kappa shape index (κ1) is 24.2. The molecule has 2 aromatic carbocycles. The van der Waals surface area contributed by atoms with Crippen LogP contribution in [-0.2, 0) is 20.6 Å². The number of carbonyl (C=O) groups excluding carboxylic acids is 2. The summed E-state index contributed by atoms with van der Waals surface area (Å²) in [7, 11) is -3.46. The number of carbonyl (C=O) groups is 2. The molecule has 0 atom stereocenters. The highest BCUT2D eigenvalue weighted by Crippen LogP contribution is 2.13. The zero-order valence-corrected chi connectivity index (χ0v) is 17.5. The smallest absolute Gasteiger partial charge is 0.254 e. The summed E-state index contributed by atoms with van der Waals surface area (Å²) in [6, 6.07) is 9.05. The van der Waals surface area contributed by atoms with Gasteiger partial charge in [0.25, 0.3) is 5.91 Å². The lowest BCUT2D eigenvalue weighted by Gasteiger charge is -2.08. The number of rotatable bonds is 11. The molecule has 2 aromatic rings. The van der Waals surface area contributed by atoms with Crippen LogP contribution in [0.2, 0.25) is 0 Å². The van der Waals surface area contributed by atoms with Crippen molar-refractivity contribution in [1.29, 1.82) is 0 Å². The Balaban J connectivity index is 1.75. The molecule has 0 bridgehead atoms. The predicted molar refractivity (Wildman–Crippen MR) is 114 cm³/mol. The van der Waals surface area contributed by atoms with E-state index in [4.69, 9.17) is 0 Å². The number of hydrogen-bond donors (Lipinski definition) is 3. The third-order valence-electron chi connectivity index (χ3n) is 4.08. The van der Waals surface area contributed by atoms with E-state index in [0.717, 1.165) is 12.1 Å². The van der Waals surface area contributed by atoms with Crippen LogP contribution in [0.25, 0.3) is 0 Å². The molecular weight excluding hydrogens is 428 g/mol. The van der Waals surface area contributed by atoms with Crippen LogP contribution in [0, 0.1) is 11.6 Å². The molecule has 0 saturated carbocycles. The van der Waals surface area contributed by atoms with Crippen molar-refractivity contribution in [1.82, 2.24) is 10.0 Å². The second kappa shape index (κ2) is 11.3. The topological polar surface area (TPSA) is 104 Å². The normalized spacial score (nSPS) is 11.0. The second-order valence-corrected chi connectivity index (χ2v) is 8.43. The molecule has 0 heterocycles. The molecule has 0 fully saturated rings. The summed E-state index contributed by atoms with van der Waals surface area (Å²) in [6.45, 7) is 3.74. The molecule has 166 valence electrons. The first-order valence-electron chi connectivity index (χ1n) is 9.40. The first-order valence-corrected chi connectivity index (χ1v) is 11.1. The van der Waals surface area contributed by atoms with Crippen LogP contribution in [-0.4, -0.2) is 33.3 Å². The minimum atomic E-state index is -3.46. The fourth-order valence-electron chi connectivity index (χ4n) is 2.58. The van der Waals surface area contributed by atoms with Gasteiger partial charge in [0.15, 0.2) is 0 Å². The van der Waals surface area contributed by atoms with Gasteiger partial charge in [0.2, 0.25) is 15.9 Å². The molecule has 0 aliphatic heterocycles. The van der Waals surface area contributed by atoms with Gasteiger partial charge in [-0.05, 0) is 36.2 Å². The van der Waals surface area contributed by atoms with Crippen molar-refractivity contribution in [3.63, 3.8) is 0 Å². The summed E-state index contributed by atoms with van der Waals surface area (Å²) in [5.74, 6) is -2.90. The molecule has 0 saturated heterocycles. The van der Waals surface area contributed by atoms with E-state index in [-0.39, 0.29) is 36.7 Å². The van der Waals surface area contributed by atoms with Crippen molar-refractivity contribution < 1.29 is 26.8 Å². The Hall–Kier alpha value is -3.11. The van der Waals surface area contributed by atoms with E-state index in [1.54, 1.807) is 24.3 Å². The molecular formula is C21H23F2N3O4S. The zero-order chi connectivity index (χ0) is 22.9. The lowest BCUT2D eigenvalue weighted by Crippen LogP contribution is -2.26. The molecule has 3 N–H and O–H groups in total. The summed E-state index contributed by atoms with van der Waals surface area (Å²) in [5.41, 5.74) is 0.792. The Kier molecular flexibility index (Phi) is 8.83. The van der Waals surface area contributed by atoms with Gasteiger partial charge in [0.05, 0.1) is 11.3 Å². The minimum Gasteiger partial charge on any atom is -0.352 e. The summed E-state index contributed by atoms with van der Waals surface area (Å²) in [5, 5.41) is 5.14. The number of benzene rings is 2. The highest BCUT2D eigenvalue weighted by atomic mass is 32.2.